The number of benzene rings is 1. The summed E-state index contributed by atoms with van der Waals surface area (Å²) < 4.78 is 21.5. The molecule has 1 aliphatic carbocycles. The first kappa shape index (κ1) is 24.3. The number of rotatable bonds is 5. The minimum absolute atomic E-state index is 0.0836. The van der Waals surface area contributed by atoms with Gasteiger partial charge in [0.05, 0.1) is 51.3 Å². The van der Waals surface area contributed by atoms with Crippen LogP contribution >= 0.6 is 0 Å². The zero-order chi connectivity index (χ0) is 25.0. The van der Waals surface area contributed by atoms with Crippen molar-refractivity contribution in [3.63, 3.8) is 0 Å². The van der Waals surface area contributed by atoms with Gasteiger partial charge in [0.1, 0.15) is 6.07 Å². The molecule has 0 bridgehead atoms. The third-order valence-corrected chi connectivity index (χ3v) is 6.24. The Labute approximate surface area is 198 Å². The Balaban J connectivity index is 2.32. The van der Waals surface area contributed by atoms with Crippen molar-refractivity contribution in [1.29, 1.82) is 15.8 Å². The number of carbonyl (C=O) groups is 1. The molecule has 0 spiro atoms. The van der Waals surface area contributed by atoms with Crippen molar-refractivity contribution in [2.45, 2.75) is 12.8 Å². The van der Waals surface area contributed by atoms with Gasteiger partial charge in [-0.15, -0.1) is 0 Å². The van der Waals surface area contributed by atoms with Crippen molar-refractivity contribution >= 4 is 6.09 Å². The second-order valence-corrected chi connectivity index (χ2v) is 7.74. The number of hydrogen-bond donors (Lipinski definition) is 1. The normalized spacial score (nSPS) is 20.6. The number of nitrogens with two attached hydrogens (primary N) is 1. The first-order valence-electron chi connectivity index (χ1n) is 10.5. The summed E-state index contributed by atoms with van der Waals surface area (Å²) in [4.78, 5) is 14.0. The third kappa shape index (κ3) is 3.62. The lowest BCUT2D eigenvalue weighted by atomic mass is 9.58. The topological polar surface area (TPSA) is 155 Å². The van der Waals surface area contributed by atoms with Crippen molar-refractivity contribution < 1.29 is 23.7 Å². The summed E-state index contributed by atoms with van der Waals surface area (Å²) in [6.45, 7) is 2.23. The molecular formula is C24H25N5O5. The van der Waals surface area contributed by atoms with Crippen LogP contribution in [-0.4, -0.2) is 52.0 Å². The average Bonchev–Trinajstić information content (AvgIpc) is 2.87. The van der Waals surface area contributed by atoms with Crippen molar-refractivity contribution in [3.8, 4) is 35.5 Å². The summed E-state index contributed by atoms with van der Waals surface area (Å²) in [7, 11) is 4.38. The molecule has 0 fully saturated rings. The number of nitrogens with zero attached hydrogens (tertiary/aromatic N) is 4. The minimum Gasteiger partial charge on any atom is -0.493 e. The number of amides is 1. The fourth-order valence-corrected chi connectivity index (χ4v) is 4.70. The molecule has 1 heterocycles. The van der Waals surface area contributed by atoms with Crippen LogP contribution < -0.4 is 19.9 Å². The van der Waals surface area contributed by atoms with Gasteiger partial charge in [0.15, 0.2) is 16.9 Å². The number of ether oxygens (including phenoxy) is 4. The summed E-state index contributed by atoms with van der Waals surface area (Å²) in [6.07, 6.45) is 1.20. The standard InChI is InChI=1S/C24H25N5O5/c1-5-34-23(30)29-7-6-15-16(10-25)22(28)24(12-26,13-27)20(17(15)11-29)14-8-18(31-2)21(33-4)19(9-14)32-3/h6,8-9,17,20H,5,7,11,28H2,1-4H3. The molecule has 0 saturated heterocycles. The molecular weight excluding hydrogens is 438 g/mol. The van der Waals surface area contributed by atoms with Crippen molar-refractivity contribution in [3.05, 3.63) is 40.6 Å². The lowest BCUT2D eigenvalue weighted by Gasteiger charge is -2.45. The van der Waals surface area contributed by atoms with Crippen LogP contribution in [0.25, 0.3) is 0 Å². The smallest absolute Gasteiger partial charge is 0.410 e. The lowest BCUT2D eigenvalue weighted by molar-refractivity contribution is 0.0999. The number of nitriles is 3. The fourth-order valence-electron chi connectivity index (χ4n) is 4.70. The van der Waals surface area contributed by atoms with Gasteiger partial charge in [-0.2, -0.15) is 15.8 Å². The van der Waals surface area contributed by atoms with Crippen LogP contribution in [0.2, 0.25) is 0 Å². The van der Waals surface area contributed by atoms with E-state index in [1.165, 1.54) is 26.2 Å². The van der Waals surface area contributed by atoms with Gasteiger partial charge in [-0.05, 0) is 30.2 Å². The molecule has 10 heteroatoms. The van der Waals surface area contributed by atoms with Crippen LogP contribution in [0, 0.1) is 45.3 Å². The molecule has 1 amide bonds. The highest BCUT2D eigenvalue weighted by molar-refractivity contribution is 5.70. The maximum Gasteiger partial charge on any atom is 0.410 e. The fraction of sp³-hybridized carbons (Fsp3) is 0.417. The molecule has 2 atom stereocenters. The predicted molar refractivity (Wildman–Crippen MR) is 119 cm³/mol. The van der Waals surface area contributed by atoms with Gasteiger partial charge >= 0.3 is 6.09 Å². The van der Waals surface area contributed by atoms with Crippen LogP contribution in [-0.2, 0) is 4.74 Å². The molecule has 2 unspecified atom stereocenters. The average molecular weight is 463 g/mol. The Morgan fingerprint density at radius 1 is 1.15 bits per heavy atom. The zero-order valence-electron chi connectivity index (χ0n) is 19.4. The Morgan fingerprint density at radius 3 is 2.24 bits per heavy atom. The zero-order valence-corrected chi connectivity index (χ0v) is 19.4. The van der Waals surface area contributed by atoms with Gasteiger partial charge in [-0.3, -0.25) is 0 Å². The number of methoxy groups -OCH3 is 3. The molecule has 2 aliphatic rings. The van der Waals surface area contributed by atoms with E-state index in [0.717, 1.165) is 0 Å². The first-order chi connectivity index (χ1) is 16.4. The maximum absolute atomic E-state index is 12.5. The Hall–Kier alpha value is -4.36. The van der Waals surface area contributed by atoms with Crippen molar-refractivity contribution in [1.82, 2.24) is 4.90 Å². The quantitative estimate of drug-likeness (QED) is 0.693. The summed E-state index contributed by atoms with van der Waals surface area (Å²) in [5.41, 5.74) is 5.52. The number of carbonyl (C=O) groups excluding carboxylic acids is 1. The van der Waals surface area contributed by atoms with Gasteiger partial charge in [-0.25, -0.2) is 4.79 Å². The van der Waals surface area contributed by atoms with Gasteiger partial charge in [0.25, 0.3) is 0 Å². The van der Waals surface area contributed by atoms with E-state index in [2.05, 4.69) is 18.2 Å². The predicted octanol–water partition coefficient (Wildman–Crippen LogP) is 2.59. The van der Waals surface area contributed by atoms with E-state index in [0.29, 0.717) is 28.4 Å². The van der Waals surface area contributed by atoms with E-state index in [9.17, 15) is 20.6 Å². The van der Waals surface area contributed by atoms with Crippen LogP contribution in [0.5, 0.6) is 17.2 Å². The van der Waals surface area contributed by atoms with Gasteiger partial charge < -0.3 is 29.6 Å². The molecule has 176 valence electrons. The van der Waals surface area contributed by atoms with E-state index in [-0.39, 0.29) is 31.0 Å². The van der Waals surface area contributed by atoms with Crippen LogP contribution in [0.1, 0.15) is 18.4 Å². The summed E-state index contributed by atoms with van der Waals surface area (Å²) in [5.74, 6) is -0.436. The monoisotopic (exact) mass is 463 g/mol. The molecule has 0 aromatic heterocycles. The lowest BCUT2D eigenvalue weighted by Crippen LogP contribution is -2.49. The highest BCUT2D eigenvalue weighted by Gasteiger charge is 2.55. The summed E-state index contributed by atoms with van der Waals surface area (Å²) >= 11 is 0. The third-order valence-electron chi connectivity index (χ3n) is 6.24. The van der Waals surface area contributed by atoms with E-state index in [4.69, 9.17) is 24.7 Å². The van der Waals surface area contributed by atoms with E-state index in [1.54, 1.807) is 25.1 Å². The van der Waals surface area contributed by atoms with E-state index in [1.807, 2.05) is 0 Å². The number of fused-ring (bicyclic) bond motifs is 1. The van der Waals surface area contributed by atoms with Crippen LogP contribution in [0.3, 0.4) is 0 Å². The SMILES string of the molecule is CCOC(=O)N1CC=C2C(C#N)=C(N)C(C#N)(C#N)C(c3cc(OC)c(OC)c(OC)c3)C2C1. The van der Waals surface area contributed by atoms with Crippen LogP contribution in [0.15, 0.2) is 35.1 Å². The van der Waals surface area contributed by atoms with Crippen molar-refractivity contribution in [2.75, 3.05) is 41.0 Å². The highest BCUT2D eigenvalue weighted by Crippen LogP contribution is 2.55. The molecule has 1 aliphatic heterocycles. The minimum atomic E-state index is -1.88. The molecule has 34 heavy (non-hydrogen) atoms. The van der Waals surface area contributed by atoms with E-state index >= 15 is 0 Å². The molecule has 3 rings (SSSR count). The summed E-state index contributed by atoms with van der Waals surface area (Å²) in [6, 6.07) is 9.50. The maximum atomic E-state index is 12.5. The molecule has 1 aromatic carbocycles. The Bertz CT molecular complexity index is 1140. The van der Waals surface area contributed by atoms with Gasteiger partial charge in [0.2, 0.25) is 5.75 Å². The number of hydrogen-bond acceptors (Lipinski definition) is 9. The Kier molecular flexibility index (Phi) is 6.89. The molecule has 0 saturated carbocycles. The molecule has 2 N–H and O–H groups in total. The first-order valence-corrected chi connectivity index (χ1v) is 10.5. The highest BCUT2D eigenvalue weighted by atomic mass is 16.6. The van der Waals surface area contributed by atoms with Gasteiger partial charge in [0, 0.05) is 24.9 Å². The molecule has 0 radical (unpaired) electrons. The second-order valence-electron chi connectivity index (χ2n) is 7.74. The van der Waals surface area contributed by atoms with Crippen molar-refractivity contribution in [2.24, 2.45) is 17.1 Å². The second kappa shape index (κ2) is 9.64. The molecule has 1 aromatic rings. The van der Waals surface area contributed by atoms with E-state index < -0.39 is 23.3 Å². The number of allylic oxidation sites excluding steroid dienone is 2. The largest absolute Gasteiger partial charge is 0.493 e. The summed E-state index contributed by atoms with van der Waals surface area (Å²) in [5, 5.41) is 30.4. The van der Waals surface area contributed by atoms with Crippen LogP contribution in [0.4, 0.5) is 4.79 Å². The Morgan fingerprint density at radius 2 is 1.76 bits per heavy atom. The van der Waals surface area contributed by atoms with Gasteiger partial charge in [-0.1, -0.05) is 6.08 Å². The molecule has 10 nitrogen and oxygen atoms in total.